The molecule has 17 heavy (non-hydrogen) atoms. The first-order valence-corrected chi connectivity index (χ1v) is 5.38. The maximum Gasteiger partial charge on any atom is 0.372 e. The molecule has 0 amide bonds. The molecule has 0 spiro atoms. The lowest BCUT2D eigenvalue weighted by Crippen LogP contribution is -2.00. The zero-order valence-electron chi connectivity index (χ0n) is 9.87. The number of benzene rings is 1. The van der Waals surface area contributed by atoms with Crippen LogP contribution < -0.4 is 0 Å². The molecule has 0 aliphatic rings. The Morgan fingerprint density at radius 3 is 2.59 bits per heavy atom. The second-order valence-electron chi connectivity index (χ2n) is 4.37. The summed E-state index contributed by atoms with van der Waals surface area (Å²) in [5.74, 6) is -1.88. The van der Waals surface area contributed by atoms with Gasteiger partial charge in [0.2, 0.25) is 5.76 Å². The molecule has 1 heterocycles. The molecule has 0 atom stereocenters. The topological polar surface area (TPSA) is 50.4 Å². The van der Waals surface area contributed by atoms with Gasteiger partial charge in [-0.05, 0) is 24.5 Å². The van der Waals surface area contributed by atoms with Gasteiger partial charge in [-0.1, -0.05) is 19.9 Å². The summed E-state index contributed by atoms with van der Waals surface area (Å²) in [6, 6.07) is 2.92. The summed E-state index contributed by atoms with van der Waals surface area (Å²) in [5.41, 5.74) is 1.48. The predicted octanol–water partition coefficient (Wildman–Crippen LogP) is 3.70. The van der Waals surface area contributed by atoms with Gasteiger partial charge in [-0.25, -0.2) is 9.18 Å². The van der Waals surface area contributed by atoms with Crippen LogP contribution in [0, 0.1) is 12.7 Å². The molecule has 0 saturated carbocycles. The summed E-state index contributed by atoms with van der Waals surface area (Å²) in [6.45, 7) is 5.40. The van der Waals surface area contributed by atoms with Gasteiger partial charge in [-0.2, -0.15) is 0 Å². The second kappa shape index (κ2) is 3.87. The van der Waals surface area contributed by atoms with Crippen molar-refractivity contribution in [1.82, 2.24) is 0 Å². The van der Waals surface area contributed by atoms with Crippen molar-refractivity contribution in [3.05, 3.63) is 34.8 Å². The third-order valence-corrected chi connectivity index (χ3v) is 2.79. The molecule has 1 N–H and O–H groups in total. The number of carboxylic acid groups (broad SMARTS) is 1. The second-order valence-corrected chi connectivity index (χ2v) is 4.37. The summed E-state index contributed by atoms with van der Waals surface area (Å²) < 4.78 is 19.1. The van der Waals surface area contributed by atoms with Crippen LogP contribution in [0.15, 0.2) is 16.5 Å². The Morgan fingerprint density at radius 2 is 2.06 bits per heavy atom. The third-order valence-electron chi connectivity index (χ3n) is 2.79. The fraction of sp³-hybridized carbons (Fsp3) is 0.308. The van der Waals surface area contributed by atoms with Crippen LogP contribution in [-0.4, -0.2) is 11.1 Å². The maximum atomic E-state index is 13.8. The molecule has 3 nitrogen and oxygen atoms in total. The molecular formula is C13H13FO3. The maximum absolute atomic E-state index is 13.8. The molecule has 1 aromatic heterocycles. The first kappa shape index (κ1) is 11.6. The lowest BCUT2D eigenvalue weighted by Gasteiger charge is -2.04. The number of rotatable bonds is 2. The van der Waals surface area contributed by atoms with Gasteiger partial charge < -0.3 is 9.52 Å². The molecule has 1 aromatic carbocycles. The summed E-state index contributed by atoms with van der Waals surface area (Å²) in [7, 11) is 0. The third kappa shape index (κ3) is 1.69. The minimum atomic E-state index is -1.16. The Morgan fingerprint density at radius 1 is 1.41 bits per heavy atom. The summed E-state index contributed by atoms with van der Waals surface area (Å²) >= 11 is 0. The van der Waals surface area contributed by atoms with Gasteiger partial charge >= 0.3 is 5.97 Å². The molecule has 0 aliphatic carbocycles. The highest BCUT2D eigenvalue weighted by Gasteiger charge is 2.25. The lowest BCUT2D eigenvalue weighted by atomic mass is 9.98. The highest BCUT2D eigenvalue weighted by molar-refractivity contribution is 5.96. The van der Waals surface area contributed by atoms with Crippen LogP contribution in [0.25, 0.3) is 11.0 Å². The quantitative estimate of drug-likeness (QED) is 0.864. The average molecular weight is 236 g/mol. The minimum absolute atomic E-state index is 0.112. The van der Waals surface area contributed by atoms with Crippen LogP contribution in [0.5, 0.6) is 0 Å². The molecule has 0 aliphatic heterocycles. The average Bonchev–Trinajstić information content (AvgIpc) is 2.64. The molecule has 90 valence electrons. The zero-order valence-corrected chi connectivity index (χ0v) is 9.87. The highest BCUT2D eigenvalue weighted by atomic mass is 19.1. The van der Waals surface area contributed by atoms with Crippen LogP contribution in [0.2, 0.25) is 0 Å². The van der Waals surface area contributed by atoms with E-state index in [1.165, 1.54) is 6.07 Å². The number of carboxylic acids is 1. The fourth-order valence-electron chi connectivity index (χ4n) is 2.03. The Hall–Kier alpha value is -1.84. The van der Waals surface area contributed by atoms with Gasteiger partial charge in [0, 0.05) is 5.56 Å². The van der Waals surface area contributed by atoms with Crippen molar-refractivity contribution in [3.63, 3.8) is 0 Å². The number of halogens is 1. The molecule has 2 rings (SSSR count). The van der Waals surface area contributed by atoms with Crippen molar-refractivity contribution in [2.45, 2.75) is 26.7 Å². The molecular weight excluding hydrogens is 223 g/mol. The summed E-state index contributed by atoms with van der Waals surface area (Å²) in [4.78, 5) is 11.1. The van der Waals surface area contributed by atoms with E-state index in [9.17, 15) is 9.18 Å². The van der Waals surface area contributed by atoms with E-state index in [2.05, 4.69) is 0 Å². The lowest BCUT2D eigenvalue weighted by molar-refractivity contribution is 0.0662. The van der Waals surface area contributed by atoms with Gasteiger partial charge in [-0.3, -0.25) is 0 Å². The van der Waals surface area contributed by atoms with Crippen molar-refractivity contribution in [3.8, 4) is 0 Å². The fourth-order valence-corrected chi connectivity index (χ4v) is 2.03. The molecule has 0 fully saturated rings. The van der Waals surface area contributed by atoms with E-state index in [1.54, 1.807) is 13.0 Å². The molecule has 2 aromatic rings. The SMILES string of the molecule is Cc1ccc(F)c2c(C(C)C)c(C(=O)O)oc12. The van der Waals surface area contributed by atoms with Gasteiger partial charge in [0.15, 0.2) is 0 Å². The highest BCUT2D eigenvalue weighted by Crippen LogP contribution is 2.35. The zero-order chi connectivity index (χ0) is 12.7. The first-order valence-electron chi connectivity index (χ1n) is 5.38. The van der Waals surface area contributed by atoms with E-state index in [1.807, 2.05) is 13.8 Å². The molecule has 4 heteroatoms. The standard InChI is InChI=1S/C13H13FO3/c1-6(2)9-10-8(14)5-4-7(3)11(10)17-12(9)13(15)16/h4-6H,1-3H3,(H,15,16). The monoisotopic (exact) mass is 236 g/mol. The number of hydrogen-bond donors (Lipinski definition) is 1. The predicted molar refractivity (Wildman–Crippen MR) is 62.0 cm³/mol. The normalized spacial score (nSPS) is 11.4. The van der Waals surface area contributed by atoms with E-state index in [-0.39, 0.29) is 17.1 Å². The van der Waals surface area contributed by atoms with Crippen LogP contribution in [0.1, 0.15) is 41.4 Å². The number of hydrogen-bond acceptors (Lipinski definition) is 2. The number of aromatic carboxylic acids is 1. The number of furan rings is 1. The largest absolute Gasteiger partial charge is 0.475 e. The van der Waals surface area contributed by atoms with Crippen LogP contribution in [-0.2, 0) is 0 Å². The van der Waals surface area contributed by atoms with Gasteiger partial charge in [0.05, 0.1) is 5.39 Å². The minimum Gasteiger partial charge on any atom is -0.475 e. The van der Waals surface area contributed by atoms with Crippen LogP contribution in [0.3, 0.4) is 0 Å². The molecule has 0 unspecified atom stereocenters. The number of fused-ring (bicyclic) bond motifs is 1. The summed E-state index contributed by atoms with van der Waals surface area (Å²) in [5, 5.41) is 9.37. The Balaban J connectivity index is 2.95. The molecule has 0 radical (unpaired) electrons. The summed E-state index contributed by atoms with van der Waals surface area (Å²) in [6.07, 6.45) is 0. The van der Waals surface area contributed by atoms with Crippen molar-refractivity contribution >= 4 is 16.9 Å². The molecule has 0 bridgehead atoms. The van der Waals surface area contributed by atoms with Crippen LogP contribution in [0.4, 0.5) is 4.39 Å². The van der Waals surface area contributed by atoms with Crippen molar-refractivity contribution in [1.29, 1.82) is 0 Å². The van der Waals surface area contributed by atoms with E-state index in [0.29, 0.717) is 11.1 Å². The van der Waals surface area contributed by atoms with E-state index in [4.69, 9.17) is 9.52 Å². The number of carbonyl (C=O) groups is 1. The van der Waals surface area contributed by atoms with Crippen molar-refractivity contribution in [2.24, 2.45) is 0 Å². The van der Waals surface area contributed by atoms with Gasteiger partial charge in [-0.15, -0.1) is 0 Å². The van der Waals surface area contributed by atoms with E-state index < -0.39 is 11.8 Å². The van der Waals surface area contributed by atoms with Gasteiger partial charge in [0.1, 0.15) is 11.4 Å². The van der Waals surface area contributed by atoms with Gasteiger partial charge in [0.25, 0.3) is 0 Å². The Bertz CT molecular complexity index is 596. The van der Waals surface area contributed by atoms with E-state index >= 15 is 0 Å². The van der Waals surface area contributed by atoms with Crippen molar-refractivity contribution < 1.29 is 18.7 Å². The number of aryl methyl sites for hydroxylation is 1. The van der Waals surface area contributed by atoms with Crippen LogP contribution >= 0.6 is 0 Å². The Labute approximate surface area is 97.9 Å². The molecule has 0 saturated heterocycles. The van der Waals surface area contributed by atoms with E-state index in [0.717, 1.165) is 5.56 Å². The smallest absolute Gasteiger partial charge is 0.372 e. The van der Waals surface area contributed by atoms with Crippen molar-refractivity contribution in [2.75, 3.05) is 0 Å². The first-order chi connectivity index (χ1) is 7.93. The Kier molecular flexibility index (Phi) is 2.65.